The van der Waals surface area contributed by atoms with Crippen LogP contribution in [0.5, 0.6) is 5.75 Å². The van der Waals surface area contributed by atoms with Crippen molar-refractivity contribution in [3.05, 3.63) is 48.8 Å². The number of para-hydroxylation sites is 1. The number of guanidine groups is 1. The van der Waals surface area contributed by atoms with E-state index in [1.807, 2.05) is 42.1 Å². The summed E-state index contributed by atoms with van der Waals surface area (Å²) in [5.74, 6) is 3.32. The second kappa shape index (κ2) is 10.7. The molecule has 0 bridgehead atoms. The lowest BCUT2D eigenvalue weighted by Gasteiger charge is -2.16. The molecule has 1 heterocycles. The molecule has 0 aliphatic heterocycles. The Kier molecular flexibility index (Phi) is 8.25. The minimum atomic E-state index is 0.512. The smallest absolute Gasteiger partial charge is 0.191 e. The Morgan fingerprint density at radius 2 is 1.96 bits per heavy atom. The van der Waals surface area contributed by atoms with E-state index >= 15 is 0 Å². The van der Waals surface area contributed by atoms with E-state index in [0.29, 0.717) is 5.92 Å². The Hall–Kier alpha value is -2.08. The van der Waals surface area contributed by atoms with Crippen LogP contribution in [-0.4, -0.2) is 43.5 Å². The molecule has 25 heavy (non-hydrogen) atoms. The van der Waals surface area contributed by atoms with Crippen molar-refractivity contribution in [1.82, 2.24) is 15.2 Å². The first-order chi connectivity index (χ1) is 12.2. The quantitative estimate of drug-likeness (QED) is 0.410. The number of thioether (sulfide) groups is 1. The topological polar surface area (TPSA) is 50.6 Å². The predicted molar refractivity (Wildman–Crippen MR) is 107 cm³/mol. The van der Waals surface area contributed by atoms with E-state index in [1.165, 1.54) is 4.90 Å². The van der Waals surface area contributed by atoms with Crippen LogP contribution in [0.3, 0.4) is 0 Å². The van der Waals surface area contributed by atoms with Crippen molar-refractivity contribution in [3.63, 3.8) is 0 Å². The fourth-order valence-electron chi connectivity index (χ4n) is 2.34. The maximum Gasteiger partial charge on any atom is 0.191 e. The minimum absolute atomic E-state index is 0.512. The summed E-state index contributed by atoms with van der Waals surface area (Å²) in [4.78, 5) is 5.47. The van der Waals surface area contributed by atoms with Gasteiger partial charge >= 0.3 is 0 Å². The maximum atomic E-state index is 5.40. The third-order valence-corrected chi connectivity index (χ3v) is 5.15. The lowest BCUT2D eigenvalue weighted by Crippen LogP contribution is -2.40. The van der Waals surface area contributed by atoms with Crippen LogP contribution in [0.25, 0.3) is 0 Å². The number of hydrogen-bond acceptors (Lipinski definition) is 3. The van der Waals surface area contributed by atoms with Crippen molar-refractivity contribution in [3.8, 4) is 5.75 Å². The summed E-state index contributed by atoms with van der Waals surface area (Å²) < 4.78 is 7.55. The molecule has 6 heteroatoms. The highest BCUT2D eigenvalue weighted by molar-refractivity contribution is 7.99. The van der Waals surface area contributed by atoms with Gasteiger partial charge in [-0.2, -0.15) is 0 Å². The van der Waals surface area contributed by atoms with Crippen LogP contribution in [0.4, 0.5) is 0 Å². The molecule has 0 aliphatic carbocycles. The Labute approximate surface area is 154 Å². The average Bonchev–Trinajstić information content (AvgIpc) is 3.16. The number of rotatable bonds is 9. The number of nitrogens with zero attached hydrogens (tertiary/aromatic N) is 2. The van der Waals surface area contributed by atoms with E-state index < -0.39 is 0 Å². The van der Waals surface area contributed by atoms with E-state index in [2.05, 4.69) is 45.6 Å². The number of aliphatic imine (C=N–C) groups is 1. The van der Waals surface area contributed by atoms with Gasteiger partial charge in [-0.05, 0) is 30.2 Å². The second-order valence-electron chi connectivity index (χ2n) is 5.87. The van der Waals surface area contributed by atoms with Crippen LogP contribution in [0, 0.1) is 5.92 Å². The van der Waals surface area contributed by atoms with E-state index in [4.69, 9.17) is 4.74 Å². The largest absolute Gasteiger partial charge is 0.496 e. The molecule has 2 N–H and O–H groups in total. The first-order valence-electron chi connectivity index (χ1n) is 8.54. The van der Waals surface area contributed by atoms with Crippen LogP contribution in [0.2, 0.25) is 0 Å². The summed E-state index contributed by atoms with van der Waals surface area (Å²) in [7, 11) is 3.52. The fraction of sp³-hybridized carbons (Fsp3) is 0.421. The Morgan fingerprint density at radius 3 is 2.68 bits per heavy atom. The Morgan fingerprint density at radius 1 is 1.20 bits per heavy atom. The van der Waals surface area contributed by atoms with Crippen molar-refractivity contribution in [2.75, 3.05) is 33.0 Å². The first-order valence-corrected chi connectivity index (χ1v) is 9.52. The normalized spacial score (nSPS) is 12.7. The summed E-state index contributed by atoms with van der Waals surface area (Å²) in [6.07, 6.45) is 4.13. The van der Waals surface area contributed by atoms with E-state index in [0.717, 1.165) is 37.1 Å². The SMILES string of the molecule is CN=C(NCCn1cccc1)NCC(C)CSc1ccccc1OC. The Balaban J connectivity index is 1.68. The monoisotopic (exact) mass is 360 g/mol. The summed E-state index contributed by atoms with van der Waals surface area (Å²) in [6.45, 7) is 4.89. The number of aromatic nitrogens is 1. The molecule has 1 unspecified atom stereocenters. The standard InChI is InChI=1S/C19H28N4OS/c1-16(15-25-18-9-5-4-8-17(18)24-3)14-22-19(20-2)21-10-13-23-11-6-7-12-23/h4-9,11-12,16H,10,13-15H2,1-3H3,(H2,20,21,22). The molecule has 1 atom stereocenters. The van der Waals surface area contributed by atoms with Crippen LogP contribution < -0.4 is 15.4 Å². The van der Waals surface area contributed by atoms with Crippen LogP contribution in [0.1, 0.15) is 6.92 Å². The first kappa shape index (κ1) is 19.2. The molecule has 0 amide bonds. The maximum absolute atomic E-state index is 5.40. The zero-order valence-corrected chi connectivity index (χ0v) is 16.1. The summed E-state index contributed by atoms with van der Waals surface area (Å²) in [6, 6.07) is 12.2. The molecule has 0 radical (unpaired) electrons. The van der Waals surface area contributed by atoms with E-state index in [9.17, 15) is 0 Å². The van der Waals surface area contributed by atoms with Gasteiger partial charge in [-0.15, -0.1) is 11.8 Å². The van der Waals surface area contributed by atoms with E-state index in [1.54, 1.807) is 14.2 Å². The second-order valence-corrected chi connectivity index (χ2v) is 6.93. The number of ether oxygens (including phenoxy) is 1. The Bertz CT molecular complexity index is 643. The van der Waals surface area contributed by atoms with Gasteiger partial charge in [-0.3, -0.25) is 4.99 Å². The molecular weight excluding hydrogens is 332 g/mol. The number of nitrogens with one attached hydrogen (secondary N) is 2. The van der Waals surface area contributed by atoms with Crippen molar-refractivity contribution in [2.45, 2.75) is 18.4 Å². The molecule has 1 aromatic carbocycles. The molecule has 2 rings (SSSR count). The molecule has 0 aliphatic rings. The molecule has 136 valence electrons. The average molecular weight is 361 g/mol. The molecule has 0 saturated carbocycles. The molecule has 5 nitrogen and oxygen atoms in total. The summed E-state index contributed by atoms with van der Waals surface area (Å²) >= 11 is 1.83. The fourth-order valence-corrected chi connectivity index (χ4v) is 3.39. The summed E-state index contributed by atoms with van der Waals surface area (Å²) in [5.41, 5.74) is 0. The molecule has 1 aromatic heterocycles. The number of methoxy groups -OCH3 is 1. The number of hydrogen-bond donors (Lipinski definition) is 2. The van der Waals surface area contributed by atoms with Gasteiger partial charge in [0, 0.05) is 49.7 Å². The number of benzene rings is 1. The third-order valence-electron chi connectivity index (χ3n) is 3.76. The van der Waals surface area contributed by atoms with Crippen molar-refractivity contribution >= 4 is 17.7 Å². The zero-order chi connectivity index (χ0) is 17.9. The van der Waals surface area contributed by atoms with Crippen LogP contribution in [-0.2, 0) is 6.54 Å². The van der Waals surface area contributed by atoms with Crippen molar-refractivity contribution in [2.24, 2.45) is 10.9 Å². The van der Waals surface area contributed by atoms with E-state index in [-0.39, 0.29) is 0 Å². The highest BCUT2D eigenvalue weighted by Crippen LogP contribution is 2.29. The zero-order valence-electron chi connectivity index (χ0n) is 15.2. The van der Waals surface area contributed by atoms with Gasteiger partial charge in [0.25, 0.3) is 0 Å². The predicted octanol–water partition coefficient (Wildman–Crippen LogP) is 3.09. The molecule has 2 aromatic rings. The van der Waals surface area contributed by atoms with Gasteiger partial charge in [0.15, 0.2) is 5.96 Å². The molecule has 0 saturated heterocycles. The van der Waals surface area contributed by atoms with Crippen molar-refractivity contribution in [1.29, 1.82) is 0 Å². The van der Waals surface area contributed by atoms with Gasteiger partial charge in [0.2, 0.25) is 0 Å². The highest BCUT2D eigenvalue weighted by atomic mass is 32.2. The van der Waals surface area contributed by atoms with Gasteiger partial charge < -0.3 is 19.9 Å². The van der Waals surface area contributed by atoms with Crippen molar-refractivity contribution < 1.29 is 4.74 Å². The highest BCUT2D eigenvalue weighted by Gasteiger charge is 2.08. The molecule has 0 fully saturated rings. The lowest BCUT2D eigenvalue weighted by atomic mass is 10.2. The van der Waals surface area contributed by atoms with Crippen LogP contribution in [0.15, 0.2) is 58.7 Å². The minimum Gasteiger partial charge on any atom is -0.496 e. The van der Waals surface area contributed by atoms with Crippen LogP contribution >= 0.6 is 11.8 Å². The van der Waals surface area contributed by atoms with Gasteiger partial charge in [-0.25, -0.2) is 0 Å². The summed E-state index contributed by atoms with van der Waals surface area (Å²) in [5, 5.41) is 6.75. The van der Waals surface area contributed by atoms with Gasteiger partial charge in [0.05, 0.1) is 7.11 Å². The lowest BCUT2D eigenvalue weighted by molar-refractivity contribution is 0.405. The molecular formula is C19H28N4OS. The van der Waals surface area contributed by atoms with Gasteiger partial charge in [-0.1, -0.05) is 19.1 Å². The molecule has 0 spiro atoms. The van der Waals surface area contributed by atoms with Gasteiger partial charge in [0.1, 0.15) is 5.75 Å². The third kappa shape index (κ3) is 6.74.